The fraction of sp³-hybridized carbons (Fsp3) is 0.0909. The molecule has 1 heterocycles. The van der Waals surface area contributed by atoms with E-state index in [1.807, 2.05) is 29.1 Å². The first-order chi connectivity index (χ1) is 7.59. The van der Waals surface area contributed by atoms with Crippen LogP contribution < -0.4 is 0 Å². The Bertz CT molecular complexity index is 512. The van der Waals surface area contributed by atoms with Crippen LogP contribution in [0.2, 0.25) is 5.02 Å². The summed E-state index contributed by atoms with van der Waals surface area (Å²) in [5.41, 5.74) is 1.56. The lowest BCUT2D eigenvalue weighted by Crippen LogP contribution is -1.97. The highest BCUT2D eigenvalue weighted by molar-refractivity contribution is 6.32. The molecule has 16 heavy (non-hydrogen) atoms. The van der Waals surface area contributed by atoms with Crippen molar-refractivity contribution in [3.05, 3.63) is 57.4 Å². The van der Waals surface area contributed by atoms with Crippen LogP contribution in [0.5, 0.6) is 0 Å². The van der Waals surface area contributed by atoms with Crippen LogP contribution in [0.3, 0.4) is 0 Å². The van der Waals surface area contributed by atoms with Crippen LogP contribution in [0.4, 0.5) is 5.69 Å². The topological polar surface area (TPSA) is 48.1 Å². The van der Waals surface area contributed by atoms with Gasteiger partial charge in [-0.2, -0.15) is 0 Å². The molecular weight excluding hydrogens is 228 g/mol. The third-order valence-corrected chi connectivity index (χ3v) is 2.60. The van der Waals surface area contributed by atoms with E-state index in [1.54, 1.807) is 6.92 Å². The molecule has 0 N–H and O–H groups in total. The van der Waals surface area contributed by atoms with Gasteiger partial charge in [0.1, 0.15) is 0 Å². The molecule has 0 aliphatic carbocycles. The second-order valence-electron chi connectivity index (χ2n) is 3.44. The average molecular weight is 237 g/mol. The maximum atomic E-state index is 10.6. The van der Waals surface area contributed by atoms with E-state index in [9.17, 15) is 10.1 Å². The van der Waals surface area contributed by atoms with E-state index in [2.05, 4.69) is 0 Å². The quantitative estimate of drug-likeness (QED) is 0.593. The summed E-state index contributed by atoms with van der Waals surface area (Å²) < 4.78 is 1.83. The van der Waals surface area contributed by atoms with E-state index in [1.165, 1.54) is 12.1 Å². The molecule has 0 unspecified atom stereocenters. The average Bonchev–Trinajstić information content (AvgIpc) is 2.69. The molecule has 82 valence electrons. The Hall–Kier alpha value is -1.81. The molecule has 0 aliphatic heterocycles. The number of non-ortho nitro benzene ring substituents is 1. The summed E-state index contributed by atoms with van der Waals surface area (Å²) in [7, 11) is 0. The normalized spacial score (nSPS) is 10.4. The SMILES string of the molecule is Cc1cc([N+](=O)[O-])cc(Cl)c1-n1cccc1. The van der Waals surface area contributed by atoms with Crippen LogP contribution in [0, 0.1) is 17.0 Å². The van der Waals surface area contributed by atoms with E-state index < -0.39 is 4.92 Å². The van der Waals surface area contributed by atoms with E-state index >= 15 is 0 Å². The van der Waals surface area contributed by atoms with Crippen molar-refractivity contribution >= 4 is 17.3 Å². The number of aryl methyl sites for hydroxylation is 1. The zero-order valence-electron chi connectivity index (χ0n) is 8.55. The van der Waals surface area contributed by atoms with Crippen molar-refractivity contribution in [2.75, 3.05) is 0 Å². The van der Waals surface area contributed by atoms with Crippen LogP contribution in [0.25, 0.3) is 5.69 Å². The van der Waals surface area contributed by atoms with Crippen molar-refractivity contribution in [3.8, 4) is 5.69 Å². The second-order valence-corrected chi connectivity index (χ2v) is 3.85. The van der Waals surface area contributed by atoms with Gasteiger partial charge in [-0.05, 0) is 24.6 Å². The molecule has 0 radical (unpaired) electrons. The molecule has 2 rings (SSSR count). The molecule has 1 aromatic carbocycles. The Morgan fingerprint density at radius 3 is 2.44 bits per heavy atom. The van der Waals surface area contributed by atoms with Gasteiger partial charge in [-0.25, -0.2) is 0 Å². The lowest BCUT2D eigenvalue weighted by molar-refractivity contribution is -0.384. The Balaban J connectivity index is 2.61. The van der Waals surface area contributed by atoms with Gasteiger partial charge in [-0.3, -0.25) is 10.1 Å². The standard InChI is InChI=1S/C11H9ClN2O2/c1-8-6-9(14(15)16)7-10(12)11(8)13-4-2-3-5-13/h2-7H,1H3. The second kappa shape index (κ2) is 3.98. The molecule has 0 aliphatic rings. The first kappa shape index (κ1) is 10.7. The number of hydrogen-bond donors (Lipinski definition) is 0. The minimum absolute atomic E-state index is 0.0124. The maximum absolute atomic E-state index is 10.6. The molecular formula is C11H9ClN2O2. The van der Waals surface area contributed by atoms with Crippen LogP contribution >= 0.6 is 11.6 Å². The van der Waals surface area contributed by atoms with Gasteiger partial charge in [0.15, 0.2) is 0 Å². The van der Waals surface area contributed by atoms with Crippen LogP contribution in [-0.4, -0.2) is 9.49 Å². The minimum Gasteiger partial charge on any atom is -0.322 e. The Morgan fingerprint density at radius 1 is 1.31 bits per heavy atom. The number of benzene rings is 1. The van der Waals surface area contributed by atoms with E-state index in [4.69, 9.17) is 11.6 Å². The Morgan fingerprint density at radius 2 is 1.94 bits per heavy atom. The number of nitro benzene ring substituents is 1. The van der Waals surface area contributed by atoms with Crippen molar-refractivity contribution in [1.29, 1.82) is 0 Å². The Labute approximate surface area is 97.2 Å². The number of halogens is 1. The third-order valence-electron chi connectivity index (χ3n) is 2.31. The molecule has 0 atom stereocenters. The van der Waals surface area contributed by atoms with Crippen LogP contribution in [0.15, 0.2) is 36.7 Å². The Kier molecular flexibility index (Phi) is 2.66. The van der Waals surface area contributed by atoms with Gasteiger partial charge in [0, 0.05) is 24.5 Å². The van der Waals surface area contributed by atoms with Crippen molar-refractivity contribution in [3.63, 3.8) is 0 Å². The summed E-state index contributed by atoms with van der Waals surface area (Å²) in [6.45, 7) is 1.80. The lowest BCUT2D eigenvalue weighted by atomic mass is 10.2. The highest BCUT2D eigenvalue weighted by atomic mass is 35.5. The highest BCUT2D eigenvalue weighted by Crippen LogP contribution is 2.29. The summed E-state index contributed by atoms with van der Waals surface area (Å²) in [5, 5.41) is 11.0. The van der Waals surface area contributed by atoms with Gasteiger partial charge in [0.2, 0.25) is 0 Å². The largest absolute Gasteiger partial charge is 0.322 e. The van der Waals surface area contributed by atoms with Crippen LogP contribution in [-0.2, 0) is 0 Å². The number of aromatic nitrogens is 1. The van der Waals surface area contributed by atoms with Gasteiger partial charge in [0.05, 0.1) is 15.6 Å². The van der Waals surface area contributed by atoms with Crippen molar-refractivity contribution in [2.24, 2.45) is 0 Å². The molecule has 5 heteroatoms. The molecule has 0 saturated heterocycles. The summed E-state index contributed by atoms with van der Waals surface area (Å²) in [4.78, 5) is 10.2. The van der Waals surface area contributed by atoms with E-state index in [0.29, 0.717) is 5.02 Å². The van der Waals surface area contributed by atoms with Crippen LogP contribution in [0.1, 0.15) is 5.56 Å². The fourth-order valence-electron chi connectivity index (χ4n) is 1.63. The first-order valence-electron chi connectivity index (χ1n) is 4.67. The van der Waals surface area contributed by atoms with E-state index in [0.717, 1.165) is 11.3 Å². The first-order valence-corrected chi connectivity index (χ1v) is 5.05. The fourth-order valence-corrected chi connectivity index (χ4v) is 1.99. The van der Waals surface area contributed by atoms with E-state index in [-0.39, 0.29) is 5.69 Å². The highest BCUT2D eigenvalue weighted by Gasteiger charge is 2.13. The van der Waals surface area contributed by atoms with Crippen molar-refractivity contribution in [2.45, 2.75) is 6.92 Å². The molecule has 0 amide bonds. The summed E-state index contributed by atoms with van der Waals surface area (Å²) in [5.74, 6) is 0. The zero-order valence-corrected chi connectivity index (χ0v) is 9.31. The maximum Gasteiger partial charge on any atom is 0.271 e. The van der Waals surface area contributed by atoms with Gasteiger partial charge < -0.3 is 4.57 Å². The molecule has 0 spiro atoms. The molecule has 2 aromatic rings. The summed E-state index contributed by atoms with van der Waals surface area (Å²) in [6.07, 6.45) is 3.69. The molecule has 0 saturated carbocycles. The molecule has 4 nitrogen and oxygen atoms in total. The summed E-state index contributed by atoms with van der Waals surface area (Å²) >= 11 is 6.04. The molecule has 0 bridgehead atoms. The molecule has 1 aromatic heterocycles. The van der Waals surface area contributed by atoms with Crippen molar-refractivity contribution < 1.29 is 4.92 Å². The number of rotatable bonds is 2. The number of nitrogens with zero attached hydrogens (tertiary/aromatic N) is 2. The monoisotopic (exact) mass is 236 g/mol. The zero-order chi connectivity index (χ0) is 11.7. The third kappa shape index (κ3) is 1.79. The lowest BCUT2D eigenvalue weighted by Gasteiger charge is -2.09. The van der Waals surface area contributed by atoms with Gasteiger partial charge in [0.25, 0.3) is 5.69 Å². The molecule has 0 fully saturated rings. The summed E-state index contributed by atoms with van der Waals surface area (Å²) in [6, 6.07) is 6.62. The number of nitro groups is 1. The smallest absolute Gasteiger partial charge is 0.271 e. The van der Waals surface area contributed by atoms with Gasteiger partial charge in [-0.15, -0.1) is 0 Å². The predicted molar refractivity (Wildman–Crippen MR) is 62.2 cm³/mol. The van der Waals surface area contributed by atoms with Gasteiger partial charge >= 0.3 is 0 Å². The predicted octanol–water partition coefficient (Wildman–Crippen LogP) is 3.35. The van der Waals surface area contributed by atoms with Gasteiger partial charge in [-0.1, -0.05) is 11.6 Å². The van der Waals surface area contributed by atoms with Crippen molar-refractivity contribution in [1.82, 2.24) is 4.57 Å². The number of hydrogen-bond acceptors (Lipinski definition) is 2. The minimum atomic E-state index is -0.446.